The molecule has 0 spiro atoms. The number of carbonyl (C=O) groups excluding carboxylic acids is 1. The van der Waals surface area contributed by atoms with Gasteiger partial charge in [0.15, 0.2) is 0 Å². The molecule has 4 nitrogen and oxygen atoms in total. The van der Waals surface area contributed by atoms with Crippen molar-refractivity contribution in [1.82, 2.24) is 10.2 Å². The highest BCUT2D eigenvalue weighted by Gasteiger charge is 2.24. The second-order valence-electron chi connectivity index (χ2n) is 4.59. The fraction of sp³-hybridized carbons (Fsp3) is 0.500. The normalized spacial score (nSPS) is 14.2. The lowest BCUT2D eigenvalue weighted by Crippen LogP contribution is -2.44. The molecule has 1 rings (SSSR count). The molecule has 0 aromatic heterocycles. The molecule has 0 aliphatic heterocycles. The molecule has 0 saturated heterocycles. The number of rotatable bonds is 6. The lowest BCUT2D eigenvalue weighted by molar-refractivity contribution is -0.122. The Bertz CT molecular complexity index is 406. The summed E-state index contributed by atoms with van der Waals surface area (Å²) in [7, 11) is 1.61. The molecule has 2 unspecified atom stereocenters. The molecule has 0 saturated carbocycles. The molecule has 1 aromatic carbocycles. The first-order valence-electron chi connectivity index (χ1n) is 6.45. The van der Waals surface area contributed by atoms with Crippen molar-refractivity contribution in [2.24, 2.45) is 5.73 Å². The van der Waals surface area contributed by atoms with Crippen LogP contribution >= 0.6 is 0 Å². The second-order valence-corrected chi connectivity index (χ2v) is 4.59. The first-order chi connectivity index (χ1) is 8.99. The first-order valence-corrected chi connectivity index (χ1v) is 6.45. The lowest BCUT2D eigenvalue weighted by Gasteiger charge is -2.33. The minimum Gasteiger partial charge on any atom is -0.358 e. The maximum atomic E-state index is 13.0. The summed E-state index contributed by atoms with van der Waals surface area (Å²) in [6, 6.07) is 6.00. The molecule has 1 aromatic rings. The topological polar surface area (TPSA) is 58.4 Å². The molecule has 19 heavy (non-hydrogen) atoms. The predicted molar refractivity (Wildman–Crippen MR) is 74.1 cm³/mol. The Morgan fingerprint density at radius 2 is 2.00 bits per heavy atom. The van der Waals surface area contributed by atoms with Gasteiger partial charge in [-0.25, -0.2) is 4.39 Å². The van der Waals surface area contributed by atoms with Crippen LogP contribution in [0.3, 0.4) is 0 Å². The Kier molecular flexibility index (Phi) is 5.92. The van der Waals surface area contributed by atoms with Crippen molar-refractivity contribution in [3.05, 3.63) is 35.6 Å². The van der Waals surface area contributed by atoms with E-state index < -0.39 is 0 Å². The molecule has 0 fully saturated rings. The summed E-state index contributed by atoms with van der Waals surface area (Å²) in [5.74, 6) is -0.337. The molecule has 5 heteroatoms. The zero-order chi connectivity index (χ0) is 14.4. The van der Waals surface area contributed by atoms with E-state index in [1.54, 1.807) is 19.2 Å². The molecule has 106 valence electrons. The zero-order valence-corrected chi connectivity index (χ0v) is 11.7. The highest BCUT2D eigenvalue weighted by Crippen LogP contribution is 2.23. The Morgan fingerprint density at radius 3 is 2.42 bits per heavy atom. The molecule has 0 heterocycles. The van der Waals surface area contributed by atoms with E-state index in [0.29, 0.717) is 6.54 Å². The van der Waals surface area contributed by atoms with Crippen LogP contribution in [0.15, 0.2) is 24.3 Å². The molecule has 0 radical (unpaired) electrons. The van der Waals surface area contributed by atoms with Crippen LogP contribution in [0.2, 0.25) is 0 Å². The standard InChI is InChI=1S/C14H22FN3O/c1-4-18(9-13(19)17-3)14(10(2)16)11-5-7-12(15)8-6-11/h5-8,10,14H,4,9,16H2,1-3H3,(H,17,19). The Morgan fingerprint density at radius 1 is 1.42 bits per heavy atom. The largest absolute Gasteiger partial charge is 0.358 e. The van der Waals surface area contributed by atoms with Gasteiger partial charge >= 0.3 is 0 Å². The average molecular weight is 267 g/mol. The summed E-state index contributed by atoms with van der Waals surface area (Å²) in [4.78, 5) is 13.5. The van der Waals surface area contributed by atoms with Gasteiger partial charge in [-0.05, 0) is 31.2 Å². The van der Waals surface area contributed by atoms with Gasteiger partial charge in [-0.15, -0.1) is 0 Å². The second kappa shape index (κ2) is 7.21. The quantitative estimate of drug-likeness (QED) is 0.816. The van der Waals surface area contributed by atoms with E-state index in [-0.39, 0.29) is 30.4 Å². The van der Waals surface area contributed by atoms with Gasteiger partial charge in [-0.2, -0.15) is 0 Å². The number of nitrogens with one attached hydrogen (secondary N) is 1. The highest BCUT2D eigenvalue weighted by atomic mass is 19.1. The number of benzene rings is 1. The van der Waals surface area contributed by atoms with Crippen LogP contribution in [0.1, 0.15) is 25.5 Å². The van der Waals surface area contributed by atoms with Crippen LogP contribution in [0.5, 0.6) is 0 Å². The number of halogens is 1. The van der Waals surface area contributed by atoms with Crippen LogP contribution in [0.4, 0.5) is 4.39 Å². The number of amides is 1. The molecular weight excluding hydrogens is 245 g/mol. The van der Waals surface area contributed by atoms with Gasteiger partial charge in [-0.3, -0.25) is 9.69 Å². The summed E-state index contributed by atoms with van der Waals surface area (Å²) in [5.41, 5.74) is 6.95. The minimum absolute atomic E-state index is 0.0605. The molecular formula is C14H22FN3O. The first kappa shape index (κ1) is 15.6. The van der Waals surface area contributed by atoms with Crippen molar-refractivity contribution in [2.75, 3.05) is 20.1 Å². The predicted octanol–water partition coefficient (Wildman–Crippen LogP) is 1.28. The monoisotopic (exact) mass is 267 g/mol. The minimum atomic E-state index is -0.276. The van der Waals surface area contributed by atoms with Crippen molar-refractivity contribution in [3.8, 4) is 0 Å². The SMILES string of the molecule is CCN(CC(=O)NC)C(c1ccc(F)cc1)C(C)N. The third-order valence-corrected chi connectivity index (χ3v) is 3.13. The van der Waals surface area contributed by atoms with Crippen LogP contribution in [-0.2, 0) is 4.79 Å². The van der Waals surface area contributed by atoms with Crippen molar-refractivity contribution in [2.45, 2.75) is 25.9 Å². The van der Waals surface area contributed by atoms with Crippen molar-refractivity contribution in [1.29, 1.82) is 0 Å². The molecule has 0 bridgehead atoms. The smallest absolute Gasteiger partial charge is 0.233 e. The molecule has 3 N–H and O–H groups in total. The number of carbonyl (C=O) groups is 1. The Labute approximate surface area is 113 Å². The van der Waals surface area contributed by atoms with Crippen LogP contribution < -0.4 is 11.1 Å². The van der Waals surface area contributed by atoms with Crippen molar-refractivity contribution in [3.63, 3.8) is 0 Å². The molecule has 2 atom stereocenters. The fourth-order valence-corrected chi connectivity index (χ4v) is 2.18. The number of nitrogens with two attached hydrogens (primary N) is 1. The van der Waals surface area contributed by atoms with E-state index in [0.717, 1.165) is 5.56 Å². The van der Waals surface area contributed by atoms with Crippen LogP contribution in [-0.4, -0.2) is 37.0 Å². The van der Waals surface area contributed by atoms with E-state index in [2.05, 4.69) is 5.32 Å². The summed E-state index contributed by atoms with van der Waals surface area (Å²) >= 11 is 0. The number of likely N-dealkylation sites (N-methyl/N-ethyl adjacent to an activating group) is 2. The average Bonchev–Trinajstić information content (AvgIpc) is 2.39. The van der Waals surface area contributed by atoms with Gasteiger partial charge in [0.1, 0.15) is 5.82 Å². The highest BCUT2D eigenvalue weighted by molar-refractivity contribution is 5.77. The van der Waals surface area contributed by atoms with Crippen molar-refractivity contribution >= 4 is 5.91 Å². The number of hydrogen-bond donors (Lipinski definition) is 2. The fourth-order valence-electron chi connectivity index (χ4n) is 2.18. The van der Waals surface area contributed by atoms with Gasteiger partial charge in [0.05, 0.1) is 12.6 Å². The summed E-state index contributed by atoms with van der Waals surface area (Å²) < 4.78 is 13.0. The van der Waals surface area contributed by atoms with Gasteiger partial charge in [0.2, 0.25) is 5.91 Å². The van der Waals surface area contributed by atoms with Gasteiger partial charge in [0.25, 0.3) is 0 Å². The van der Waals surface area contributed by atoms with Crippen LogP contribution in [0.25, 0.3) is 0 Å². The zero-order valence-electron chi connectivity index (χ0n) is 11.7. The van der Waals surface area contributed by atoms with E-state index >= 15 is 0 Å². The van der Waals surface area contributed by atoms with Crippen LogP contribution in [0, 0.1) is 5.82 Å². The molecule has 0 aliphatic carbocycles. The Balaban J connectivity index is 2.97. The summed E-state index contributed by atoms with van der Waals surface area (Å²) in [6.45, 7) is 4.83. The molecule has 1 amide bonds. The van der Waals surface area contributed by atoms with Gasteiger partial charge in [0, 0.05) is 13.1 Å². The van der Waals surface area contributed by atoms with Gasteiger partial charge < -0.3 is 11.1 Å². The summed E-state index contributed by atoms with van der Waals surface area (Å²) in [5, 5.41) is 2.60. The maximum absolute atomic E-state index is 13.0. The Hall–Kier alpha value is -1.46. The van der Waals surface area contributed by atoms with Crippen molar-refractivity contribution < 1.29 is 9.18 Å². The van der Waals surface area contributed by atoms with E-state index in [4.69, 9.17) is 5.73 Å². The van der Waals surface area contributed by atoms with E-state index in [1.807, 2.05) is 18.7 Å². The van der Waals surface area contributed by atoms with E-state index in [9.17, 15) is 9.18 Å². The van der Waals surface area contributed by atoms with E-state index in [1.165, 1.54) is 12.1 Å². The maximum Gasteiger partial charge on any atom is 0.233 e. The number of hydrogen-bond acceptors (Lipinski definition) is 3. The third-order valence-electron chi connectivity index (χ3n) is 3.13. The molecule has 0 aliphatic rings. The van der Waals surface area contributed by atoms with Gasteiger partial charge in [-0.1, -0.05) is 19.1 Å². The lowest BCUT2D eigenvalue weighted by atomic mass is 9.99. The summed E-state index contributed by atoms with van der Waals surface area (Å²) in [6.07, 6.45) is 0. The third kappa shape index (κ3) is 4.29. The number of nitrogens with zero attached hydrogens (tertiary/aromatic N) is 1.